The van der Waals surface area contributed by atoms with E-state index in [1.54, 1.807) is 40.8 Å². The van der Waals surface area contributed by atoms with Gasteiger partial charge in [0.15, 0.2) is 5.82 Å². The topological polar surface area (TPSA) is 147 Å². The molecule has 2 aromatic carbocycles. The van der Waals surface area contributed by atoms with Gasteiger partial charge in [-0.25, -0.2) is 14.0 Å². The third kappa shape index (κ3) is 7.14. The molecule has 1 saturated heterocycles. The fourth-order valence-electron chi connectivity index (χ4n) is 9.76. The summed E-state index contributed by atoms with van der Waals surface area (Å²) in [5.41, 5.74) is 4.19. The molecule has 1 saturated carbocycles. The molecule has 3 aliphatic rings. The Morgan fingerprint density at radius 2 is 1.82 bits per heavy atom. The quantitative estimate of drug-likeness (QED) is 0.123. The number of halogens is 1. The van der Waals surface area contributed by atoms with Gasteiger partial charge in [0.1, 0.15) is 22.9 Å². The first-order valence-electron chi connectivity index (χ1n) is 21.2. The number of ether oxygens (including phenoxy) is 2. The highest BCUT2D eigenvalue weighted by Gasteiger charge is 2.56. The van der Waals surface area contributed by atoms with Crippen LogP contribution < -0.4 is 11.4 Å². The van der Waals surface area contributed by atoms with Crippen LogP contribution in [0.5, 0.6) is 0 Å². The lowest BCUT2D eigenvalue weighted by Gasteiger charge is -2.35. The average molecular weight is 821 g/mol. The van der Waals surface area contributed by atoms with E-state index in [2.05, 4.69) is 53.7 Å². The molecule has 6 aromatic rings. The number of carbonyl (C=O) groups is 1. The average Bonchev–Trinajstić information content (AvgIpc) is 3.70. The summed E-state index contributed by atoms with van der Waals surface area (Å²) in [4.78, 5) is 46.3. The maximum absolute atomic E-state index is 15.3. The van der Waals surface area contributed by atoms with Crippen LogP contribution in [0.1, 0.15) is 106 Å². The van der Waals surface area contributed by atoms with Crippen LogP contribution in [0.2, 0.25) is 0 Å². The van der Waals surface area contributed by atoms with Gasteiger partial charge in [-0.2, -0.15) is 5.10 Å². The van der Waals surface area contributed by atoms with E-state index in [9.17, 15) is 14.0 Å². The Kier molecular flexibility index (Phi) is 10.3. The van der Waals surface area contributed by atoms with Crippen molar-refractivity contribution in [2.45, 2.75) is 109 Å². The second kappa shape index (κ2) is 15.5. The first-order valence-corrected chi connectivity index (χ1v) is 21.2. The largest absolute Gasteiger partial charge is 0.438 e. The monoisotopic (exact) mass is 820 g/mol. The fraction of sp³-hybridized carbons (Fsp3) is 0.489. The third-order valence-electron chi connectivity index (χ3n) is 13.2. The normalized spacial score (nSPS) is 22.4. The minimum absolute atomic E-state index is 0.160. The number of imidazole rings is 1. The van der Waals surface area contributed by atoms with Gasteiger partial charge in [-0.3, -0.25) is 28.1 Å². The summed E-state index contributed by atoms with van der Waals surface area (Å²) in [5, 5.41) is 10.1. The molecule has 60 heavy (non-hydrogen) atoms. The summed E-state index contributed by atoms with van der Waals surface area (Å²) in [6, 6.07) is 14.1. The molecule has 0 bridgehead atoms. The molecular weight excluding hydrogens is 768 g/mol. The summed E-state index contributed by atoms with van der Waals surface area (Å²) in [6.45, 7) is 11.4. The summed E-state index contributed by atoms with van der Waals surface area (Å²) in [7, 11) is 1.68. The first-order chi connectivity index (χ1) is 28.9. The van der Waals surface area contributed by atoms with E-state index < -0.39 is 17.2 Å². The van der Waals surface area contributed by atoms with Crippen LogP contribution in [0.15, 0.2) is 75.0 Å². The molecule has 6 heterocycles. The highest BCUT2D eigenvalue weighted by molar-refractivity contribution is 5.99. The van der Waals surface area contributed by atoms with Crippen LogP contribution >= 0.6 is 0 Å². The SMILES string of the molecule is COCCCCCn1ccn(-c2c(-c3ccc(F)cc3)nn3c2[C@H](C)N(C(=O)c2cc4cc([C@H]5CCOC(C)(C)C5)ccc4n2C[C@@]2(c4noc(=O)[nH]4)C[C@@H]2C)CC3)c1=O. The van der Waals surface area contributed by atoms with Gasteiger partial charge in [0.2, 0.25) is 0 Å². The van der Waals surface area contributed by atoms with Gasteiger partial charge < -0.3 is 18.9 Å². The summed E-state index contributed by atoms with van der Waals surface area (Å²) < 4.78 is 37.7. The molecule has 1 aliphatic carbocycles. The zero-order valence-corrected chi connectivity index (χ0v) is 34.9. The van der Waals surface area contributed by atoms with E-state index in [1.165, 1.54) is 17.7 Å². The van der Waals surface area contributed by atoms with Crippen molar-refractivity contribution in [1.82, 2.24) is 38.5 Å². The molecule has 14 nitrogen and oxygen atoms in total. The molecule has 4 atom stereocenters. The smallest absolute Gasteiger partial charge is 0.385 e. The van der Waals surface area contributed by atoms with Crippen molar-refractivity contribution in [1.29, 1.82) is 0 Å². The van der Waals surface area contributed by atoms with Crippen molar-refractivity contribution in [2.75, 3.05) is 26.9 Å². The lowest BCUT2D eigenvalue weighted by atomic mass is 9.83. The Hall–Kier alpha value is -5.54. The molecule has 0 unspecified atom stereocenters. The van der Waals surface area contributed by atoms with Gasteiger partial charge in [-0.1, -0.05) is 18.1 Å². The van der Waals surface area contributed by atoms with Crippen molar-refractivity contribution in [3.63, 3.8) is 0 Å². The first kappa shape index (κ1) is 39.9. The Labute approximate surface area is 346 Å². The predicted octanol–water partition coefficient (Wildman–Crippen LogP) is 6.96. The van der Waals surface area contributed by atoms with Crippen molar-refractivity contribution in [2.24, 2.45) is 5.92 Å². The van der Waals surface area contributed by atoms with E-state index >= 15 is 4.79 Å². The number of rotatable bonds is 13. The Bertz CT molecular complexity index is 2660. The molecule has 316 valence electrons. The van der Waals surface area contributed by atoms with Crippen LogP contribution in [0.25, 0.3) is 27.8 Å². The Balaban J connectivity index is 1.11. The van der Waals surface area contributed by atoms with Crippen LogP contribution in [-0.4, -0.2) is 76.9 Å². The lowest BCUT2D eigenvalue weighted by molar-refractivity contribution is -0.0592. The Morgan fingerprint density at radius 3 is 2.53 bits per heavy atom. The van der Waals surface area contributed by atoms with E-state index in [0.29, 0.717) is 79.5 Å². The second-order valence-corrected chi connectivity index (χ2v) is 17.6. The van der Waals surface area contributed by atoms with Crippen LogP contribution in [-0.2, 0) is 34.5 Å². The van der Waals surface area contributed by atoms with E-state index in [0.717, 1.165) is 49.4 Å². The fourth-order valence-corrected chi connectivity index (χ4v) is 9.76. The number of amides is 1. The second-order valence-electron chi connectivity index (χ2n) is 17.6. The van der Waals surface area contributed by atoms with Gasteiger partial charge in [0, 0.05) is 68.8 Å². The zero-order valence-electron chi connectivity index (χ0n) is 34.9. The molecule has 9 rings (SSSR count). The molecule has 1 N–H and O–H groups in total. The van der Waals surface area contributed by atoms with Gasteiger partial charge in [0.25, 0.3) is 5.91 Å². The van der Waals surface area contributed by atoms with Crippen molar-refractivity contribution in [3.8, 4) is 16.9 Å². The number of benzene rings is 2. The van der Waals surface area contributed by atoms with Crippen LogP contribution in [0.4, 0.5) is 4.39 Å². The molecule has 1 amide bonds. The maximum Gasteiger partial charge on any atom is 0.438 e. The number of nitrogens with one attached hydrogen (secondary N) is 1. The number of aromatic amines is 1. The minimum atomic E-state index is -0.604. The molecule has 4 aromatic heterocycles. The van der Waals surface area contributed by atoms with Crippen LogP contribution in [0.3, 0.4) is 0 Å². The number of aromatic nitrogens is 7. The molecule has 0 spiro atoms. The highest BCUT2D eigenvalue weighted by Crippen LogP contribution is 2.54. The number of unbranched alkanes of at least 4 members (excludes halogenated alkanes) is 2. The number of aryl methyl sites for hydroxylation is 1. The number of hydrogen-bond acceptors (Lipinski definition) is 8. The van der Waals surface area contributed by atoms with Crippen molar-refractivity contribution in [3.05, 3.63) is 111 Å². The molecule has 2 fully saturated rings. The van der Waals surface area contributed by atoms with Gasteiger partial charge in [0.05, 0.1) is 29.3 Å². The Morgan fingerprint density at radius 1 is 1.02 bits per heavy atom. The van der Waals surface area contributed by atoms with Gasteiger partial charge in [-0.15, -0.1) is 0 Å². The lowest BCUT2D eigenvalue weighted by Crippen LogP contribution is -2.42. The highest BCUT2D eigenvalue weighted by atomic mass is 19.1. The number of hydrogen-bond donors (Lipinski definition) is 1. The van der Waals surface area contributed by atoms with Gasteiger partial charge >= 0.3 is 11.4 Å². The van der Waals surface area contributed by atoms with Crippen LogP contribution in [0, 0.1) is 11.7 Å². The zero-order chi connectivity index (χ0) is 41.9. The van der Waals surface area contributed by atoms with Gasteiger partial charge in [-0.05, 0) is 119 Å². The molecule has 15 heteroatoms. The maximum atomic E-state index is 15.3. The number of nitrogens with zero attached hydrogens (tertiary/aromatic N) is 7. The van der Waals surface area contributed by atoms with E-state index in [-0.39, 0.29) is 28.9 Å². The molecular formula is C45H53FN8O6. The summed E-state index contributed by atoms with van der Waals surface area (Å²) in [5.74, 6) is -0.140. The van der Waals surface area contributed by atoms with E-state index in [4.69, 9.17) is 19.1 Å². The van der Waals surface area contributed by atoms with E-state index in [1.807, 2.05) is 22.6 Å². The molecule has 2 aliphatic heterocycles. The number of carbonyl (C=O) groups excluding carboxylic acids is 1. The number of methoxy groups -OCH3 is 1. The predicted molar refractivity (Wildman–Crippen MR) is 223 cm³/mol. The summed E-state index contributed by atoms with van der Waals surface area (Å²) >= 11 is 0. The third-order valence-corrected chi connectivity index (χ3v) is 13.2. The van der Waals surface area contributed by atoms with Crippen molar-refractivity contribution >= 4 is 16.8 Å². The number of H-pyrrole nitrogens is 1. The molecule has 0 radical (unpaired) electrons. The minimum Gasteiger partial charge on any atom is -0.385 e. The standard InChI is InChI=1S/C45H53FN8O6/c1-28-25-45(28,41-47-42(56)60-49-41)27-53-35-14-11-31(32-15-22-59-44(3,4)26-32)23-33(35)24-36(53)40(55)51-19-20-54-38(29(51)2)39(37(48-54)30-9-12-34(46)13-10-30)52-18-17-50(43(52)57)16-7-6-8-21-58-5/h9-14,17-18,23-24,28-29,32H,6-8,15-16,19-22,25-27H2,1-5H3,(H,47,49,56)/t28-,29-,32-,45-/m0/s1. The van der Waals surface area contributed by atoms with Crippen molar-refractivity contribution < 1.29 is 23.2 Å². The number of fused-ring (bicyclic) bond motifs is 2. The summed E-state index contributed by atoms with van der Waals surface area (Å²) in [6.07, 6.45) is 8.79.